The molecule has 6 nitrogen and oxygen atoms in total. The molecule has 20 heavy (non-hydrogen) atoms. The van der Waals surface area contributed by atoms with Crippen molar-refractivity contribution in [1.82, 2.24) is 4.90 Å². The molecular weight excluding hydrogens is 260 g/mol. The Morgan fingerprint density at radius 2 is 2.20 bits per heavy atom. The average Bonchev–Trinajstić information content (AvgIpc) is 2.36. The first-order valence-electron chi connectivity index (χ1n) is 6.79. The molecule has 0 aromatic heterocycles. The van der Waals surface area contributed by atoms with E-state index >= 15 is 0 Å². The Bertz CT molecular complexity index is 526. The largest absolute Gasteiger partial charge is 0.502 e. The third kappa shape index (κ3) is 2.89. The number of phenolic OH excluding ortho intramolecular Hbond substituents is 1. The Balaban J connectivity index is 2.14. The van der Waals surface area contributed by atoms with Crippen LogP contribution in [-0.4, -0.2) is 33.9 Å². The number of hydrogen-bond acceptors (Lipinski definition) is 4. The summed E-state index contributed by atoms with van der Waals surface area (Å²) in [6.07, 6.45) is 3.51. The fourth-order valence-corrected chi connectivity index (χ4v) is 2.34. The van der Waals surface area contributed by atoms with Gasteiger partial charge in [-0.05, 0) is 37.8 Å². The van der Waals surface area contributed by atoms with Gasteiger partial charge < -0.3 is 10.0 Å². The Morgan fingerprint density at radius 3 is 2.65 bits per heavy atom. The molecule has 0 spiro atoms. The number of aromatic hydroxyl groups is 1. The number of rotatable bonds is 5. The zero-order valence-corrected chi connectivity index (χ0v) is 11.4. The summed E-state index contributed by atoms with van der Waals surface area (Å²) in [4.78, 5) is 24.0. The van der Waals surface area contributed by atoms with Crippen molar-refractivity contribution in [1.29, 1.82) is 0 Å². The fraction of sp³-hybridized carbons (Fsp3) is 0.500. The minimum atomic E-state index is -0.671. The maximum atomic E-state index is 12.3. The molecule has 1 aromatic carbocycles. The van der Waals surface area contributed by atoms with Gasteiger partial charge in [0.25, 0.3) is 5.91 Å². The van der Waals surface area contributed by atoms with E-state index in [-0.39, 0.29) is 17.2 Å². The van der Waals surface area contributed by atoms with Crippen molar-refractivity contribution in [2.24, 2.45) is 5.92 Å². The molecule has 2 rings (SSSR count). The summed E-state index contributed by atoms with van der Waals surface area (Å²) in [5, 5.41) is 20.2. The van der Waals surface area contributed by atoms with Crippen LogP contribution < -0.4 is 0 Å². The molecule has 1 aliphatic carbocycles. The first kappa shape index (κ1) is 14.3. The molecule has 1 aliphatic rings. The highest BCUT2D eigenvalue weighted by atomic mass is 16.6. The molecule has 1 amide bonds. The monoisotopic (exact) mass is 278 g/mol. The van der Waals surface area contributed by atoms with Crippen LogP contribution in [0.5, 0.6) is 5.75 Å². The van der Waals surface area contributed by atoms with Gasteiger partial charge >= 0.3 is 5.69 Å². The van der Waals surface area contributed by atoms with Crippen LogP contribution >= 0.6 is 0 Å². The van der Waals surface area contributed by atoms with Gasteiger partial charge in [0.1, 0.15) is 0 Å². The lowest BCUT2D eigenvalue weighted by Crippen LogP contribution is -2.37. The Morgan fingerprint density at radius 1 is 1.50 bits per heavy atom. The standard InChI is InChI=1S/C14H18N2O4/c1-2-15(9-10-4-3-5-10)14(18)11-6-7-12(16(19)20)13(17)8-11/h6-8,10,17H,2-5,9H2,1H3. The summed E-state index contributed by atoms with van der Waals surface area (Å²) in [5.41, 5.74) is -0.0992. The lowest BCUT2D eigenvalue weighted by atomic mass is 9.85. The van der Waals surface area contributed by atoms with E-state index in [1.54, 1.807) is 4.90 Å². The van der Waals surface area contributed by atoms with Crippen LogP contribution in [0.3, 0.4) is 0 Å². The first-order valence-corrected chi connectivity index (χ1v) is 6.79. The lowest BCUT2D eigenvalue weighted by molar-refractivity contribution is -0.385. The molecule has 1 aromatic rings. The summed E-state index contributed by atoms with van der Waals surface area (Å²) in [6, 6.07) is 3.73. The van der Waals surface area contributed by atoms with Gasteiger partial charge in [0.05, 0.1) is 4.92 Å². The van der Waals surface area contributed by atoms with Gasteiger partial charge in [0, 0.05) is 24.7 Å². The van der Waals surface area contributed by atoms with Gasteiger partial charge in [0.2, 0.25) is 0 Å². The molecule has 108 valence electrons. The molecule has 0 saturated heterocycles. The molecule has 0 heterocycles. The van der Waals surface area contributed by atoms with Crippen LogP contribution in [0.25, 0.3) is 0 Å². The number of amides is 1. The van der Waals surface area contributed by atoms with Gasteiger partial charge in [-0.1, -0.05) is 6.42 Å². The average molecular weight is 278 g/mol. The SMILES string of the molecule is CCN(CC1CCC1)C(=O)c1ccc([N+](=O)[O-])c(O)c1. The van der Waals surface area contributed by atoms with Crippen LogP contribution in [0.15, 0.2) is 18.2 Å². The highest BCUT2D eigenvalue weighted by Crippen LogP contribution is 2.29. The normalized spacial score (nSPS) is 14.7. The van der Waals surface area contributed by atoms with Crippen molar-refractivity contribution >= 4 is 11.6 Å². The van der Waals surface area contributed by atoms with Crippen LogP contribution in [0.2, 0.25) is 0 Å². The van der Waals surface area contributed by atoms with E-state index < -0.39 is 10.7 Å². The summed E-state index contributed by atoms with van der Waals surface area (Å²) in [6.45, 7) is 3.21. The molecule has 0 atom stereocenters. The molecule has 0 radical (unpaired) electrons. The Hall–Kier alpha value is -2.11. The molecule has 0 unspecified atom stereocenters. The van der Waals surface area contributed by atoms with E-state index in [0.717, 1.165) is 12.8 Å². The van der Waals surface area contributed by atoms with E-state index in [9.17, 15) is 20.0 Å². The van der Waals surface area contributed by atoms with Gasteiger partial charge in [-0.15, -0.1) is 0 Å². The first-order chi connectivity index (χ1) is 9.52. The number of phenols is 1. The molecule has 1 fully saturated rings. The second-order valence-electron chi connectivity index (χ2n) is 5.10. The summed E-state index contributed by atoms with van der Waals surface area (Å²) in [5.74, 6) is -0.101. The van der Waals surface area contributed by atoms with Gasteiger partial charge in [-0.3, -0.25) is 14.9 Å². The number of nitrogens with zero attached hydrogens (tertiary/aromatic N) is 2. The summed E-state index contributed by atoms with van der Waals surface area (Å²) >= 11 is 0. The second kappa shape index (κ2) is 5.90. The number of nitro groups is 1. The van der Waals surface area contributed by atoms with Crippen molar-refractivity contribution in [3.63, 3.8) is 0 Å². The van der Waals surface area contributed by atoms with Crippen LogP contribution in [0, 0.1) is 16.0 Å². The van der Waals surface area contributed by atoms with E-state index in [2.05, 4.69) is 0 Å². The minimum absolute atomic E-state index is 0.190. The van der Waals surface area contributed by atoms with Crippen molar-refractivity contribution in [3.05, 3.63) is 33.9 Å². The quantitative estimate of drug-likeness (QED) is 0.662. The van der Waals surface area contributed by atoms with Crippen LogP contribution in [0.4, 0.5) is 5.69 Å². The number of carbonyl (C=O) groups excluding carboxylic acids is 1. The molecule has 0 aliphatic heterocycles. The van der Waals surface area contributed by atoms with Crippen molar-refractivity contribution in [2.45, 2.75) is 26.2 Å². The second-order valence-corrected chi connectivity index (χ2v) is 5.10. The highest BCUT2D eigenvalue weighted by molar-refractivity contribution is 5.95. The van der Waals surface area contributed by atoms with Crippen LogP contribution in [0.1, 0.15) is 36.5 Å². The number of nitro benzene ring substituents is 1. The maximum Gasteiger partial charge on any atom is 0.310 e. The van der Waals surface area contributed by atoms with Crippen molar-refractivity contribution in [3.8, 4) is 5.75 Å². The number of carbonyl (C=O) groups is 1. The lowest BCUT2D eigenvalue weighted by Gasteiger charge is -2.31. The molecular formula is C14H18N2O4. The van der Waals surface area contributed by atoms with Gasteiger partial charge in [-0.2, -0.15) is 0 Å². The van der Waals surface area contributed by atoms with E-state index in [1.807, 2.05) is 6.92 Å². The molecule has 0 bridgehead atoms. The van der Waals surface area contributed by atoms with E-state index in [1.165, 1.54) is 24.6 Å². The third-order valence-corrected chi connectivity index (χ3v) is 3.79. The third-order valence-electron chi connectivity index (χ3n) is 3.79. The minimum Gasteiger partial charge on any atom is -0.502 e. The topological polar surface area (TPSA) is 83.7 Å². The predicted molar refractivity (Wildman–Crippen MR) is 73.7 cm³/mol. The Kier molecular flexibility index (Phi) is 4.22. The maximum absolute atomic E-state index is 12.3. The fourth-order valence-electron chi connectivity index (χ4n) is 2.34. The molecule has 6 heteroatoms. The van der Waals surface area contributed by atoms with Crippen molar-refractivity contribution < 1.29 is 14.8 Å². The van der Waals surface area contributed by atoms with E-state index in [0.29, 0.717) is 19.0 Å². The summed E-state index contributed by atoms with van der Waals surface area (Å²) < 4.78 is 0. The van der Waals surface area contributed by atoms with Gasteiger partial charge in [-0.25, -0.2) is 0 Å². The zero-order chi connectivity index (χ0) is 14.7. The number of benzene rings is 1. The Labute approximate surface area is 117 Å². The zero-order valence-electron chi connectivity index (χ0n) is 11.4. The summed E-state index contributed by atoms with van der Waals surface area (Å²) in [7, 11) is 0. The predicted octanol–water partition coefficient (Wildman–Crippen LogP) is 2.56. The molecule has 1 N–H and O–H groups in total. The highest BCUT2D eigenvalue weighted by Gasteiger charge is 2.24. The van der Waals surface area contributed by atoms with Crippen molar-refractivity contribution in [2.75, 3.05) is 13.1 Å². The number of hydrogen-bond donors (Lipinski definition) is 1. The van der Waals surface area contributed by atoms with Gasteiger partial charge in [0.15, 0.2) is 5.75 Å². The van der Waals surface area contributed by atoms with Crippen LogP contribution in [-0.2, 0) is 0 Å². The van der Waals surface area contributed by atoms with E-state index in [4.69, 9.17) is 0 Å². The molecule has 1 saturated carbocycles. The smallest absolute Gasteiger partial charge is 0.310 e.